The minimum Gasteiger partial charge on any atom is -0.472 e. The quantitative estimate of drug-likeness (QED) is 0.911. The van der Waals surface area contributed by atoms with Crippen LogP contribution in [0.4, 0.5) is 0 Å². The number of carbonyl (C=O) groups excluding carboxylic acids is 1. The van der Waals surface area contributed by atoms with Crippen molar-refractivity contribution < 1.29 is 9.21 Å². The molecule has 0 aliphatic carbocycles. The zero-order valence-corrected chi connectivity index (χ0v) is 12.8. The highest BCUT2D eigenvalue weighted by molar-refractivity contribution is 7.13. The Morgan fingerprint density at radius 1 is 1.52 bits per heavy atom. The zero-order chi connectivity index (χ0) is 14.7. The molecule has 21 heavy (non-hydrogen) atoms. The summed E-state index contributed by atoms with van der Waals surface area (Å²) in [7, 11) is 0. The standard InChI is InChI=1S/C15H19N3O2S/c1-15(3-5-16-6-4-15)10-17-13(19)12-9-21-14(18-12)11-2-7-20-8-11/h2,7-9,16H,3-6,10H2,1H3,(H,17,19). The summed E-state index contributed by atoms with van der Waals surface area (Å²) in [4.78, 5) is 16.6. The van der Waals surface area contributed by atoms with Crippen LogP contribution >= 0.6 is 11.3 Å². The number of rotatable bonds is 4. The second kappa shape index (κ2) is 5.99. The molecule has 0 saturated carbocycles. The second-order valence-electron chi connectivity index (χ2n) is 5.79. The summed E-state index contributed by atoms with van der Waals surface area (Å²) < 4.78 is 5.04. The van der Waals surface area contributed by atoms with Crippen molar-refractivity contribution in [1.29, 1.82) is 0 Å². The van der Waals surface area contributed by atoms with Crippen molar-refractivity contribution in [3.63, 3.8) is 0 Å². The van der Waals surface area contributed by atoms with Crippen molar-refractivity contribution in [2.45, 2.75) is 19.8 Å². The fourth-order valence-electron chi connectivity index (χ4n) is 2.49. The highest BCUT2D eigenvalue weighted by atomic mass is 32.1. The normalized spacial score (nSPS) is 17.6. The van der Waals surface area contributed by atoms with Crippen molar-refractivity contribution in [2.24, 2.45) is 5.41 Å². The first-order valence-corrected chi connectivity index (χ1v) is 8.01. The third-order valence-corrected chi connectivity index (χ3v) is 4.88. The maximum absolute atomic E-state index is 12.2. The van der Waals surface area contributed by atoms with Gasteiger partial charge in [-0.1, -0.05) is 6.92 Å². The first-order valence-electron chi connectivity index (χ1n) is 7.13. The maximum atomic E-state index is 12.2. The molecule has 1 saturated heterocycles. The van der Waals surface area contributed by atoms with E-state index in [4.69, 9.17) is 4.42 Å². The van der Waals surface area contributed by atoms with Gasteiger partial charge in [0.2, 0.25) is 0 Å². The van der Waals surface area contributed by atoms with Crippen LogP contribution in [-0.2, 0) is 0 Å². The van der Waals surface area contributed by atoms with Gasteiger partial charge in [-0.05, 0) is 37.4 Å². The van der Waals surface area contributed by atoms with Crippen molar-refractivity contribution in [2.75, 3.05) is 19.6 Å². The van der Waals surface area contributed by atoms with Gasteiger partial charge in [0.25, 0.3) is 5.91 Å². The van der Waals surface area contributed by atoms with Gasteiger partial charge in [0.05, 0.1) is 6.26 Å². The number of aromatic nitrogens is 1. The molecule has 2 N–H and O–H groups in total. The Bertz CT molecular complexity index is 600. The summed E-state index contributed by atoms with van der Waals surface area (Å²) in [5.74, 6) is -0.0965. The molecule has 0 spiro atoms. The number of nitrogens with one attached hydrogen (secondary N) is 2. The zero-order valence-electron chi connectivity index (χ0n) is 12.0. The van der Waals surface area contributed by atoms with E-state index in [1.54, 1.807) is 17.9 Å². The topological polar surface area (TPSA) is 67.2 Å². The molecule has 112 valence electrons. The van der Waals surface area contributed by atoms with E-state index < -0.39 is 0 Å². The molecule has 1 aliphatic rings. The average molecular weight is 305 g/mol. The fraction of sp³-hybridized carbons (Fsp3) is 0.467. The van der Waals surface area contributed by atoms with Gasteiger partial charge in [0.15, 0.2) is 0 Å². The van der Waals surface area contributed by atoms with Crippen LogP contribution in [0.2, 0.25) is 0 Å². The Labute approximate surface area is 127 Å². The van der Waals surface area contributed by atoms with Gasteiger partial charge in [-0.2, -0.15) is 0 Å². The average Bonchev–Trinajstić information content (AvgIpc) is 3.16. The van der Waals surface area contributed by atoms with Gasteiger partial charge in [-0.15, -0.1) is 11.3 Å². The summed E-state index contributed by atoms with van der Waals surface area (Å²) in [6.45, 7) is 4.97. The molecular formula is C15H19N3O2S. The lowest BCUT2D eigenvalue weighted by Gasteiger charge is -2.34. The van der Waals surface area contributed by atoms with Crippen molar-refractivity contribution >= 4 is 17.2 Å². The van der Waals surface area contributed by atoms with Gasteiger partial charge in [0.1, 0.15) is 17.0 Å². The van der Waals surface area contributed by atoms with Crippen LogP contribution < -0.4 is 10.6 Å². The highest BCUT2D eigenvalue weighted by Crippen LogP contribution is 2.27. The molecule has 3 rings (SSSR count). The molecule has 0 radical (unpaired) electrons. The number of hydrogen-bond donors (Lipinski definition) is 2. The molecule has 2 aromatic rings. The smallest absolute Gasteiger partial charge is 0.270 e. The Hall–Kier alpha value is -1.66. The summed E-state index contributed by atoms with van der Waals surface area (Å²) in [5, 5.41) is 8.97. The van der Waals surface area contributed by atoms with E-state index in [1.807, 2.05) is 6.07 Å². The number of carbonyl (C=O) groups is 1. The molecule has 1 amide bonds. The van der Waals surface area contributed by atoms with Crippen LogP contribution in [0, 0.1) is 5.41 Å². The van der Waals surface area contributed by atoms with E-state index in [0.717, 1.165) is 36.5 Å². The third-order valence-electron chi connectivity index (χ3n) is 3.99. The number of nitrogens with zero attached hydrogens (tertiary/aromatic N) is 1. The van der Waals surface area contributed by atoms with Crippen molar-refractivity contribution in [1.82, 2.24) is 15.6 Å². The van der Waals surface area contributed by atoms with E-state index in [0.29, 0.717) is 12.2 Å². The van der Waals surface area contributed by atoms with Crippen LogP contribution in [0.15, 0.2) is 28.4 Å². The lowest BCUT2D eigenvalue weighted by atomic mass is 9.81. The Kier molecular flexibility index (Phi) is 4.07. The molecule has 0 bridgehead atoms. The lowest BCUT2D eigenvalue weighted by molar-refractivity contribution is 0.0918. The van der Waals surface area contributed by atoms with Crippen LogP contribution in [-0.4, -0.2) is 30.5 Å². The van der Waals surface area contributed by atoms with Gasteiger partial charge in [-0.25, -0.2) is 4.98 Å². The Balaban J connectivity index is 1.61. The van der Waals surface area contributed by atoms with Gasteiger partial charge in [0, 0.05) is 17.5 Å². The maximum Gasteiger partial charge on any atom is 0.270 e. The summed E-state index contributed by atoms with van der Waals surface area (Å²) in [5.41, 5.74) is 1.57. The van der Waals surface area contributed by atoms with E-state index in [1.165, 1.54) is 11.3 Å². The molecule has 5 nitrogen and oxygen atoms in total. The molecule has 1 aliphatic heterocycles. The first-order chi connectivity index (χ1) is 10.2. The van der Waals surface area contributed by atoms with Gasteiger partial charge >= 0.3 is 0 Å². The van der Waals surface area contributed by atoms with Crippen LogP contribution in [0.1, 0.15) is 30.3 Å². The molecule has 1 fully saturated rings. The predicted octanol–water partition coefficient (Wildman–Crippen LogP) is 2.52. The molecular weight excluding hydrogens is 286 g/mol. The molecule has 3 heterocycles. The van der Waals surface area contributed by atoms with E-state index in [9.17, 15) is 4.79 Å². The summed E-state index contributed by atoms with van der Waals surface area (Å²) >= 11 is 1.45. The second-order valence-corrected chi connectivity index (χ2v) is 6.65. The summed E-state index contributed by atoms with van der Waals surface area (Å²) in [6.07, 6.45) is 5.42. The van der Waals surface area contributed by atoms with Gasteiger partial charge in [-0.3, -0.25) is 4.79 Å². The molecule has 6 heteroatoms. The lowest BCUT2D eigenvalue weighted by Crippen LogP contribution is -2.42. The molecule has 0 unspecified atom stereocenters. The first kappa shape index (κ1) is 14.3. The monoisotopic (exact) mass is 305 g/mol. The van der Waals surface area contributed by atoms with E-state index in [-0.39, 0.29) is 11.3 Å². The number of thiazole rings is 1. The fourth-order valence-corrected chi connectivity index (χ4v) is 3.27. The molecule has 0 atom stereocenters. The van der Waals surface area contributed by atoms with E-state index >= 15 is 0 Å². The van der Waals surface area contributed by atoms with Crippen molar-refractivity contribution in [3.05, 3.63) is 29.7 Å². The molecule has 0 aromatic carbocycles. The SMILES string of the molecule is CC1(CNC(=O)c2csc(-c3ccoc3)n2)CCNCC1. The predicted molar refractivity (Wildman–Crippen MR) is 82.4 cm³/mol. The number of amides is 1. The van der Waals surface area contributed by atoms with Crippen LogP contribution in [0.25, 0.3) is 10.6 Å². The molecule has 2 aromatic heterocycles. The largest absolute Gasteiger partial charge is 0.472 e. The Morgan fingerprint density at radius 3 is 3.05 bits per heavy atom. The highest BCUT2D eigenvalue weighted by Gasteiger charge is 2.27. The minimum absolute atomic E-state index is 0.0965. The number of piperidine rings is 1. The van der Waals surface area contributed by atoms with E-state index in [2.05, 4.69) is 22.5 Å². The number of furan rings is 1. The third kappa shape index (κ3) is 3.33. The number of hydrogen-bond acceptors (Lipinski definition) is 5. The van der Waals surface area contributed by atoms with Crippen LogP contribution in [0.5, 0.6) is 0 Å². The van der Waals surface area contributed by atoms with Gasteiger partial charge < -0.3 is 15.1 Å². The van der Waals surface area contributed by atoms with Crippen LogP contribution in [0.3, 0.4) is 0 Å². The summed E-state index contributed by atoms with van der Waals surface area (Å²) in [6, 6.07) is 1.84. The minimum atomic E-state index is -0.0965. The Morgan fingerprint density at radius 2 is 2.33 bits per heavy atom. The van der Waals surface area contributed by atoms with Crippen molar-refractivity contribution in [3.8, 4) is 10.6 Å².